The number of aromatic nitrogens is 2. The van der Waals surface area contributed by atoms with Crippen molar-refractivity contribution < 1.29 is 73.2 Å². The highest BCUT2D eigenvalue weighted by atomic mass is 16.4. The van der Waals surface area contributed by atoms with Crippen LogP contribution < -0.4 is 59.3 Å². The third-order valence-corrected chi connectivity index (χ3v) is 11.3. The van der Waals surface area contributed by atoms with Gasteiger partial charge in [-0.3, -0.25) is 47.9 Å². The number of imidazole rings is 1. The van der Waals surface area contributed by atoms with E-state index in [2.05, 4.69) is 57.8 Å². The number of aliphatic carboxylic acids is 2. The molecule has 1 aromatic carbocycles. The summed E-state index contributed by atoms with van der Waals surface area (Å²) < 4.78 is 0. The molecule has 18 N–H and O–H groups in total. The summed E-state index contributed by atoms with van der Waals surface area (Å²) in [5.74, 6) is -11.4. The Bertz CT molecular complexity index is 2250. The van der Waals surface area contributed by atoms with E-state index in [1.807, 2.05) is 0 Å². The largest absolute Gasteiger partial charge is 0.508 e. The highest BCUT2D eigenvalue weighted by Gasteiger charge is 2.34. The summed E-state index contributed by atoms with van der Waals surface area (Å²) in [6, 6.07) is -7.68. The molecule has 1 heterocycles. The van der Waals surface area contributed by atoms with E-state index in [9.17, 15) is 73.2 Å². The Balaban J connectivity index is 2.04. The number of nitrogens with one attached hydrogen (secondary N) is 10. The molecule has 1 aromatic heterocycles. The molecule has 9 amide bonds. The van der Waals surface area contributed by atoms with Crippen molar-refractivity contribution in [2.75, 3.05) is 13.2 Å². The zero-order valence-electron chi connectivity index (χ0n) is 42.1. The van der Waals surface area contributed by atoms with Gasteiger partial charge in [-0.1, -0.05) is 26.0 Å². The predicted octanol–water partition coefficient (Wildman–Crippen LogP) is -4.60. The second-order valence-corrected chi connectivity index (χ2v) is 17.9. The number of carboxylic acids is 2. The van der Waals surface area contributed by atoms with Crippen LogP contribution in [0.5, 0.6) is 5.75 Å². The Hall–Kier alpha value is -7.72. The predicted molar refractivity (Wildman–Crippen MR) is 261 cm³/mol. The molecule has 410 valence electrons. The molecule has 10 atom stereocenters. The Morgan fingerprint density at radius 3 is 1.54 bits per heavy atom. The Labute approximate surface area is 426 Å². The molecule has 74 heavy (non-hydrogen) atoms. The van der Waals surface area contributed by atoms with Crippen LogP contribution in [0.3, 0.4) is 0 Å². The van der Waals surface area contributed by atoms with Gasteiger partial charge in [-0.25, -0.2) is 9.78 Å². The average molecular weight is 1050 g/mol. The molecule has 0 saturated carbocycles. The lowest BCUT2D eigenvalue weighted by molar-refractivity contribution is -0.142. The first-order valence-electron chi connectivity index (χ1n) is 23.8. The van der Waals surface area contributed by atoms with Crippen molar-refractivity contribution in [1.29, 1.82) is 0 Å². The van der Waals surface area contributed by atoms with Gasteiger partial charge < -0.3 is 84.7 Å². The summed E-state index contributed by atoms with van der Waals surface area (Å²) in [5.41, 5.74) is 12.6. The van der Waals surface area contributed by atoms with Gasteiger partial charge in [-0.05, 0) is 90.0 Å². The summed E-state index contributed by atoms with van der Waals surface area (Å²) in [6.07, 6.45) is 2.50. The van der Waals surface area contributed by atoms with Crippen molar-refractivity contribution in [2.45, 2.75) is 147 Å². The number of aliphatic hydroxyl groups is 1. The minimum atomic E-state index is -1.75. The Morgan fingerprint density at radius 2 is 1.04 bits per heavy atom. The standard InChI is InChI=1S/C46H71N13O15/c1-22(2)36(59-40(67)26(6)53-41(68)30(48)17-27-10-12-29(61)13-11-27)45(72)58-34(20-60)44(71)55-31(14-15-35(62)63)42(69)54-24(4)38(65)51-23(3)37(64)52-25(5)39(66)57-33(18-28-19-49-21-50-28)43(70)56-32(46(73)74)9-7-8-16-47/h10-13,19,21-26,30-34,36,60-61H,7-9,14-18,20,47-48H2,1-6H3,(H,49,50)(H,51,65)(H,52,64)(H,53,68)(H,54,69)(H,55,71)(H,56,70)(H,57,66)(H,58,72)(H,59,67)(H,62,63)(H,73,74)/t23-,24-,25-,26-,30-,31-,32-,33-,34-,36-/m0/s1. The number of carbonyl (C=O) groups excluding carboxylic acids is 9. The summed E-state index contributed by atoms with van der Waals surface area (Å²) in [4.78, 5) is 149. The molecular weight excluding hydrogens is 975 g/mol. The number of hydrogen-bond acceptors (Lipinski definition) is 16. The van der Waals surface area contributed by atoms with Gasteiger partial charge in [0.05, 0.1) is 19.0 Å². The van der Waals surface area contributed by atoms with Gasteiger partial charge in [0.1, 0.15) is 60.1 Å². The maximum atomic E-state index is 13.4. The molecular formula is C46H71N13O15. The molecule has 0 unspecified atom stereocenters. The lowest BCUT2D eigenvalue weighted by atomic mass is 10.0. The zero-order chi connectivity index (χ0) is 55.8. The van der Waals surface area contributed by atoms with Gasteiger partial charge in [-0.15, -0.1) is 0 Å². The molecule has 0 bridgehead atoms. The van der Waals surface area contributed by atoms with Crippen LogP contribution in [0.1, 0.15) is 84.9 Å². The second kappa shape index (κ2) is 31.0. The van der Waals surface area contributed by atoms with Gasteiger partial charge in [0.2, 0.25) is 53.2 Å². The number of phenols is 1. The number of nitrogens with zero attached hydrogens (tertiary/aromatic N) is 1. The van der Waals surface area contributed by atoms with Crippen LogP contribution >= 0.6 is 0 Å². The molecule has 0 fully saturated rings. The van der Waals surface area contributed by atoms with E-state index in [4.69, 9.17) is 11.5 Å². The van der Waals surface area contributed by atoms with Crippen LogP contribution in [-0.2, 0) is 65.6 Å². The number of H-pyrrole nitrogens is 1. The average Bonchev–Trinajstić information content (AvgIpc) is 3.86. The number of carboxylic acid groups (broad SMARTS) is 2. The van der Waals surface area contributed by atoms with E-state index in [0.717, 1.165) is 0 Å². The molecule has 0 aliphatic rings. The topological polar surface area (TPSA) is 458 Å². The van der Waals surface area contributed by atoms with Crippen LogP contribution in [0.4, 0.5) is 0 Å². The van der Waals surface area contributed by atoms with Gasteiger partial charge >= 0.3 is 11.9 Å². The molecule has 0 aliphatic heterocycles. The summed E-state index contributed by atoms with van der Waals surface area (Å²) in [5, 5.41) is 60.0. The fourth-order valence-corrected chi connectivity index (χ4v) is 6.77. The van der Waals surface area contributed by atoms with E-state index < -0.39 is 151 Å². The summed E-state index contributed by atoms with van der Waals surface area (Å²) in [6.45, 7) is 7.50. The summed E-state index contributed by atoms with van der Waals surface area (Å²) >= 11 is 0. The molecule has 0 saturated heterocycles. The first kappa shape index (κ1) is 62.4. The van der Waals surface area contributed by atoms with Crippen molar-refractivity contribution in [1.82, 2.24) is 57.8 Å². The Morgan fingerprint density at radius 1 is 0.568 bits per heavy atom. The first-order valence-corrected chi connectivity index (χ1v) is 23.8. The lowest BCUT2D eigenvalue weighted by Crippen LogP contribution is -2.61. The van der Waals surface area contributed by atoms with Gasteiger partial charge in [-0.2, -0.15) is 0 Å². The fraction of sp³-hybridized carbons (Fsp3) is 0.565. The highest BCUT2D eigenvalue weighted by molar-refractivity contribution is 5.98. The Kier molecular flexibility index (Phi) is 26.1. The van der Waals surface area contributed by atoms with Gasteiger partial charge in [0.15, 0.2) is 0 Å². The number of unbranched alkanes of at least 4 members (excludes halogenated alkanes) is 1. The molecule has 0 aliphatic carbocycles. The number of aromatic amines is 1. The monoisotopic (exact) mass is 1050 g/mol. The molecule has 28 nitrogen and oxygen atoms in total. The minimum absolute atomic E-state index is 0.0215. The number of phenolic OH excluding ortho intramolecular Hbond substituents is 1. The van der Waals surface area contributed by atoms with Crippen molar-refractivity contribution in [3.63, 3.8) is 0 Å². The van der Waals surface area contributed by atoms with E-state index in [0.29, 0.717) is 30.6 Å². The fourth-order valence-electron chi connectivity index (χ4n) is 6.77. The van der Waals surface area contributed by atoms with Crippen molar-refractivity contribution in [3.05, 3.63) is 48.0 Å². The van der Waals surface area contributed by atoms with Crippen LogP contribution in [0, 0.1) is 5.92 Å². The molecule has 0 radical (unpaired) electrons. The molecule has 2 rings (SSSR count). The number of nitrogens with two attached hydrogens (primary N) is 2. The highest BCUT2D eigenvalue weighted by Crippen LogP contribution is 2.12. The lowest BCUT2D eigenvalue weighted by Gasteiger charge is -2.27. The van der Waals surface area contributed by atoms with E-state index >= 15 is 0 Å². The number of aromatic hydroxyl groups is 1. The maximum Gasteiger partial charge on any atom is 0.326 e. The van der Waals surface area contributed by atoms with E-state index in [1.165, 1.54) is 52.4 Å². The normalized spacial score (nSPS) is 15.1. The van der Waals surface area contributed by atoms with E-state index in [1.54, 1.807) is 26.0 Å². The number of carbonyl (C=O) groups is 11. The molecule has 0 spiro atoms. The van der Waals surface area contributed by atoms with Crippen LogP contribution in [0.2, 0.25) is 0 Å². The van der Waals surface area contributed by atoms with Crippen LogP contribution in [0.15, 0.2) is 36.8 Å². The molecule has 2 aromatic rings. The maximum absolute atomic E-state index is 13.4. The quantitative estimate of drug-likeness (QED) is 0.0307. The van der Waals surface area contributed by atoms with Gasteiger partial charge in [0.25, 0.3) is 0 Å². The third-order valence-electron chi connectivity index (χ3n) is 11.3. The third kappa shape index (κ3) is 21.6. The number of amides is 9. The number of rotatable bonds is 32. The van der Waals surface area contributed by atoms with Crippen molar-refractivity contribution in [3.8, 4) is 5.75 Å². The van der Waals surface area contributed by atoms with Crippen LogP contribution in [0.25, 0.3) is 0 Å². The smallest absolute Gasteiger partial charge is 0.326 e. The van der Waals surface area contributed by atoms with Crippen LogP contribution in [-0.4, -0.2) is 169 Å². The van der Waals surface area contributed by atoms with Gasteiger partial charge in [0, 0.05) is 24.7 Å². The molecule has 28 heteroatoms. The first-order chi connectivity index (χ1) is 34.8. The number of benzene rings is 1. The zero-order valence-corrected chi connectivity index (χ0v) is 42.1. The SMILES string of the molecule is CC(C)[C@H](NC(=O)[C@H](C)NC(=O)[C@@H](N)Cc1ccc(O)cc1)C(=O)N[C@@H](CO)C(=O)N[C@@H](CCC(=O)O)C(=O)N[C@@H](C)C(=O)N[C@@H](C)C(=O)N[C@@H](C)C(=O)N[C@@H](Cc1cnc[nH]1)C(=O)N[C@@H](CCCCN)C(=O)O. The number of aliphatic hydroxyl groups excluding tert-OH is 1. The summed E-state index contributed by atoms with van der Waals surface area (Å²) in [7, 11) is 0. The van der Waals surface area contributed by atoms with E-state index in [-0.39, 0.29) is 25.0 Å². The van der Waals surface area contributed by atoms with Crippen molar-refractivity contribution >= 4 is 65.1 Å². The minimum Gasteiger partial charge on any atom is -0.508 e. The number of hydrogen-bond donors (Lipinski definition) is 16. The van der Waals surface area contributed by atoms with Crippen molar-refractivity contribution in [2.24, 2.45) is 17.4 Å². The second-order valence-electron chi connectivity index (χ2n) is 17.9.